The summed E-state index contributed by atoms with van der Waals surface area (Å²) in [7, 11) is 0. The van der Waals surface area contributed by atoms with Gasteiger partial charge in [0.05, 0.1) is 81.6 Å². The van der Waals surface area contributed by atoms with Gasteiger partial charge in [0.2, 0.25) is 0 Å². The molecule has 22 atom stereocenters. The molecule has 0 aromatic carbocycles. The Morgan fingerprint density at radius 2 is 0.825 bits per heavy atom. The number of terminal acetylenes is 3. The first-order valence-electron chi connectivity index (χ1n) is 37.8. The summed E-state index contributed by atoms with van der Waals surface area (Å²) in [5.41, 5.74) is 5.36. The summed E-state index contributed by atoms with van der Waals surface area (Å²) in [6.45, 7) is 8.63. The van der Waals surface area contributed by atoms with Crippen LogP contribution < -0.4 is 33.6 Å². The number of hydrogen-bond donors (Lipinski definition) is 22. The maximum Gasteiger partial charge on any atom is 0.250 e. The Labute approximate surface area is 719 Å². The molecule has 0 unspecified atom stereocenters. The van der Waals surface area contributed by atoms with Crippen LogP contribution in [0.4, 0.5) is 34.6 Å². The highest BCUT2D eigenvalue weighted by molar-refractivity contribution is 6.18. The number of amides is 2. The summed E-state index contributed by atoms with van der Waals surface area (Å²) in [4.78, 5) is 55.2. The molecule has 43 nitrogen and oxygen atoms in total. The lowest BCUT2D eigenvalue weighted by atomic mass is 9.87. The monoisotopic (exact) mass is 1800 g/mol. The van der Waals surface area contributed by atoms with Crippen molar-refractivity contribution in [3.8, 4) is 37.0 Å². The van der Waals surface area contributed by atoms with Crippen LogP contribution in [-0.4, -0.2) is 340 Å². The van der Waals surface area contributed by atoms with E-state index in [4.69, 9.17) is 82.2 Å². The van der Waals surface area contributed by atoms with Crippen LogP contribution in [0.15, 0.2) is 135 Å². The van der Waals surface area contributed by atoms with Gasteiger partial charge in [-0.25, -0.2) is 52.5 Å². The summed E-state index contributed by atoms with van der Waals surface area (Å²) < 4.78 is 89.9. The van der Waals surface area contributed by atoms with Crippen LogP contribution in [0.1, 0.15) is 59.2 Å². The van der Waals surface area contributed by atoms with Crippen molar-refractivity contribution in [1.29, 1.82) is 0 Å². The van der Waals surface area contributed by atoms with E-state index in [0.29, 0.717) is 44.9 Å². The summed E-state index contributed by atoms with van der Waals surface area (Å²) in [6.07, 6.45) is 19.3. The number of pyridine rings is 3. The molecule has 6 aromatic heterocycles. The topological polar surface area (TPSA) is 656 Å². The lowest BCUT2D eigenvalue weighted by Gasteiger charge is -2.37. The van der Waals surface area contributed by atoms with Crippen LogP contribution in [0.25, 0.3) is 33.5 Å². The molecule has 48 heteroatoms. The number of aliphatic hydroxyl groups is 16. The third-order valence-electron chi connectivity index (χ3n) is 22.5. The number of nitrogens with two attached hydrogens (primary N) is 4. The van der Waals surface area contributed by atoms with Gasteiger partial charge in [-0.15, -0.1) is 30.9 Å². The van der Waals surface area contributed by atoms with E-state index in [1.807, 2.05) is 5.92 Å². The van der Waals surface area contributed by atoms with Crippen LogP contribution in [0, 0.1) is 37.0 Å². The fraction of sp³-hybridized carbons (Fsp3) is 0.500. The average Bonchev–Trinajstić information content (AvgIpc) is 1.58. The second kappa shape index (κ2) is 36.6. The van der Waals surface area contributed by atoms with Crippen molar-refractivity contribution in [1.82, 2.24) is 68.9 Å². The molecule has 0 radical (unpaired) electrons. The minimum Gasteiger partial charge on any atom is -0.397 e. The first-order chi connectivity index (χ1) is 59.2. The first kappa shape index (κ1) is 97.5. The summed E-state index contributed by atoms with van der Waals surface area (Å²) in [5.74, 6) is 6.23. The smallest absolute Gasteiger partial charge is 0.250 e. The molecule has 0 saturated carbocycles. The maximum absolute atomic E-state index is 13.4. The Kier molecular flexibility index (Phi) is 28.3. The van der Waals surface area contributed by atoms with Gasteiger partial charge >= 0.3 is 0 Å². The zero-order valence-corrected chi connectivity index (χ0v) is 68.7. The van der Waals surface area contributed by atoms with Gasteiger partial charge in [-0.2, -0.15) is 0 Å². The molecule has 2 amide bonds. The summed E-state index contributed by atoms with van der Waals surface area (Å²) >= 11 is 5.83. The van der Waals surface area contributed by atoms with Gasteiger partial charge < -0.3 is 158 Å². The van der Waals surface area contributed by atoms with Crippen LogP contribution in [0.5, 0.6) is 0 Å². The minimum atomic E-state index is -2.28. The van der Waals surface area contributed by atoms with E-state index in [2.05, 4.69) is 77.1 Å². The number of nitrogens with zero attached hydrogens (tertiary/aromatic N) is 13. The molecule has 684 valence electrons. The number of anilines is 3. The van der Waals surface area contributed by atoms with Crippen molar-refractivity contribution < 1.29 is 137 Å². The van der Waals surface area contributed by atoms with Gasteiger partial charge in [-0.3, -0.25) is 23.3 Å². The predicted molar refractivity (Wildman–Crippen MR) is 435 cm³/mol. The Hall–Kier alpha value is -10.7. The third-order valence-corrected chi connectivity index (χ3v) is 23.0. The van der Waals surface area contributed by atoms with E-state index in [0.717, 1.165) is 0 Å². The Morgan fingerprint density at radius 3 is 1.16 bits per heavy atom. The molecular formula is C78H98ClF4N19O24. The van der Waals surface area contributed by atoms with E-state index in [1.54, 1.807) is 18.3 Å². The molecule has 15 heterocycles. The number of nitrogens with one attached hydrogen (secondary N) is 2. The van der Waals surface area contributed by atoms with Crippen molar-refractivity contribution >= 4 is 79.8 Å². The Morgan fingerprint density at radius 1 is 0.476 bits per heavy atom. The SMILES string of the molecule is C#C[C@@]1(O)[C@H](O)[C@](CO)(CCl)O[C@H]1n1cnc2c(N)ccnc21.C#C[C@@]1(O)[C@H](O)[C@](CO)(CF)O[C@H]1n1cnc2c(N)ccnc21.C#C[C@]1(O)[C@H](n2cnc3c(N)ccnc32)O[C@](C)(CO)[C@H]1O.C=C1N=C(N)C=CN1[C@@H]1O[C@@](CO)(CF)C[C@@]1(C)O.C=C1NC(=O)C=CN1[C@@H]1O[C@@](CO)(CF)C[C@@]1(C)O.C=C1NC(=O)C=CN1[C@@H]1O[C@@](CO)(CF)[C@@H](O)[C@@]1(C)O. The average molecular weight is 1800 g/mol. The first-order valence-corrected chi connectivity index (χ1v) is 38.4. The van der Waals surface area contributed by atoms with E-state index in [-0.39, 0.29) is 53.6 Å². The molecule has 126 heavy (non-hydrogen) atoms. The zero-order chi connectivity index (χ0) is 93.4. The van der Waals surface area contributed by atoms with Crippen molar-refractivity contribution in [3.63, 3.8) is 0 Å². The number of carbonyl (C=O) groups excluding carboxylic acids is 2. The number of halogens is 5. The van der Waals surface area contributed by atoms with Crippen molar-refractivity contribution in [3.05, 3.63) is 130 Å². The fourth-order valence-corrected chi connectivity index (χ4v) is 15.7. The molecule has 0 spiro atoms. The number of rotatable bonds is 17. The molecule has 6 aromatic rings. The molecule has 0 bridgehead atoms. The summed E-state index contributed by atoms with van der Waals surface area (Å²) in [6, 6.07) is 4.71. The largest absolute Gasteiger partial charge is 0.397 e. The molecule has 6 fully saturated rings. The second-order valence-corrected chi connectivity index (χ2v) is 32.1. The van der Waals surface area contributed by atoms with Gasteiger partial charge in [0.1, 0.15) is 130 Å². The number of alkyl halides is 5. The molecular weight excluding hydrogens is 1700 g/mol. The third kappa shape index (κ3) is 17.1. The lowest BCUT2D eigenvalue weighted by Crippen LogP contribution is -2.55. The van der Waals surface area contributed by atoms with Gasteiger partial charge in [0.25, 0.3) is 11.8 Å². The van der Waals surface area contributed by atoms with E-state index >= 15 is 0 Å². The Bertz CT molecular complexity index is 5180. The van der Waals surface area contributed by atoms with Crippen LogP contribution in [0.3, 0.4) is 0 Å². The number of carbonyl (C=O) groups is 2. The van der Waals surface area contributed by atoms with Gasteiger partial charge in [-0.05, 0) is 52.0 Å². The predicted octanol–water partition coefficient (Wildman–Crippen LogP) is -4.76. The maximum atomic E-state index is 13.4. The molecule has 15 rings (SSSR count). The molecule has 6 saturated heterocycles. The van der Waals surface area contributed by atoms with E-state index < -0.39 is 201 Å². The highest BCUT2D eigenvalue weighted by Crippen LogP contribution is 2.51. The molecule has 26 N–H and O–H groups in total. The standard InChI is InChI=1S/C14H15ClN4O4.C14H15FN4O4.C14H16N4O4.C12H18FN3O3.C12H17FN2O5.C12H17FN2O4/c2*1-2-14(22)11(21)13(5-15,6-20)23-12(14)19-7-18-9-8(16)3-4-17-10(9)19;1-3-14(21)11(20)13(2,6-19)22-12(14)18-7-17-9-8(15)4-5-16-10(9)18;1-8-15-9(14)3-4-16(8)10-11(2,18)5-12(6-13,7-17)19-10;1-7-14-8(17)3-4-15(7)10-11(2,19)9(18)12(5-13,6-16)20-10;1-8-14-9(17)3-4-15(8)10-11(2,18)5-12(6-13,7-16)19-10/h2*1,3-4,7,11-12,20-22H,5-6H2,(H2,16,17);1,4-5,7,11-12,19-21H,6H2,2H3,(H2,15,16);3-4,10,17-18H,1,5-7H2,2H3,(H2,14,15);3-4,9-10,16,18-19H,1,5-6H2,2H3,(H,14,17);3-4,10,16,18H,1,5-7H2,2H3,(H,14,17)/t3*11-,12-,13-,14-;10-,11-,12-;9-,10+,11+,12+;10-,11-,12-/m111101/s1. The van der Waals surface area contributed by atoms with Crippen LogP contribution in [0.2, 0.25) is 0 Å². The number of amidine groups is 1. The molecule has 9 aliphatic heterocycles. The van der Waals surface area contributed by atoms with Crippen molar-refractivity contribution in [2.24, 2.45) is 10.7 Å². The van der Waals surface area contributed by atoms with Crippen molar-refractivity contribution in [2.45, 2.75) is 170 Å². The zero-order valence-electron chi connectivity index (χ0n) is 67.9. The van der Waals surface area contributed by atoms with Crippen LogP contribution in [-0.2, 0) is 38.0 Å². The number of hydrogen-bond acceptors (Lipinski definition) is 38. The normalized spacial score (nSPS) is 36.7. The number of ether oxygens (including phenoxy) is 6. The number of nitrogen functional groups attached to an aromatic ring is 3. The quantitative estimate of drug-likeness (QED) is 0.0232. The number of fused-ring (bicyclic) bond motifs is 3. The number of aromatic nitrogens is 9. The van der Waals surface area contributed by atoms with E-state index in [1.165, 1.54) is 130 Å². The van der Waals surface area contributed by atoms with Gasteiger partial charge in [-0.1, -0.05) is 37.5 Å². The number of aliphatic imine (C=N–C) groups is 1. The number of imidazole rings is 3. The Balaban J connectivity index is 0.000000158. The van der Waals surface area contributed by atoms with E-state index in [9.17, 15) is 109 Å². The lowest BCUT2D eigenvalue weighted by molar-refractivity contribution is -0.148. The fourth-order valence-electron chi connectivity index (χ4n) is 15.4. The van der Waals surface area contributed by atoms with Crippen molar-refractivity contribution in [2.75, 3.05) is 89.4 Å². The highest BCUT2D eigenvalue weighted by Gasteiger charge is 2.68. The highest BCUT2D eigenvalue weighted by atomic mass is 35.5. The number of aliphatic hydroxyl groups excluding tert-OH is 10. The second-order valence-electron chi connectivity index (χ2n) is 31.8. The molecule has 0 aliphatic carbocycles. The van der Waals surface area contributed by atoms with Crippen LogP contribution >= 0.6 is 11.6 Å². The van der Waals surface area contributed by atoms with Gasteiger partial charge in [0.15, 0.2) is 82.3 Å². The molecule has 9 aliphatic rings. The minimum absolute atomic E-state index is 0.0194. The van der Waals surface area contributed by atoms with Gasteiger partial charge in [0, 0.05) is 62.2 Å². The summed E-state index contributed by atoms with van der Waals surface area (Å²) in [5, 5.41) is 165.